The molecule has 0 saturated heterocycles. The van der Waals surface area contributed by atoms with Gasteiger partial charge in [0, 0.05) is 24.2 Å². The van der Waals surface area contributed by atoms with Crippen LogP contribution in [0.15, 0.2) is 11.4 Å². The molecule has 0 spiro atoms. The van der Waals surface area contributed by atoms with Gasteiger partial charge in [-0.3, -0.25) is 4.57 Å². The van der Waals surface area contributed by atoms with E-state index >= 15 is 0 Å². The van der Waals surface area contributed by atoms with Crippen LogP contribution in [-0.4, -0.2) is 12.8 Å². The van der Waals surface area contributed by atoms with Crippen molar-refractivity contribution in [3.63, 3.8) is 0 Å². The first-order chi connectivity index (χ1) is 5.12. The van der Waals surface area contributed by atoms with Gasteiger partial charge in [-0.1, -0.05) is 12.8 Å². The van der Waals surface area contributed by atoms with E-state index in [0.29, 0.717) is 6.42 Å². The number of terminal acetylenes is 1. The number of allylic oxidation sites excluding steroid dienone is 1. The molecule has 2 nitrogen and oxygen atoms in total. The molecule has 1 aliphatic heterocycles. The summed E-state index contributed by atoms with van der Waals surface area (Å²) in [6.07, 6.45) is 5.89. The quantitative estimate of drug-likeness (QED) is 0.445. The lowest BCUT2D eigenvalue weighted by atomic mass is 10.2. The summed E-state index contributed by atoms with van der Waals surface area (Å²) < 4.78 is 16.6. The Hall–Kier alpha value is -0.510. The van der Waals surface area contributed by atoms with Crippen molar-refractivity contribution in [2.75, 3.05) is 7.11 Å². The fraction of sp³-hybridized carbons (Fsp3) is 0.500. The molecule has 1 rings (SSSR count). The molecule has 0 aromatic rings. The van der Waals surface area contributed by atoms with Crippen molar-refractivity contribution >= 4 is 7.37 Å². The zero-order valence-corrected chi connectivity index (χ0v) is 7.60. The van der Waals surface area contributed by atoms with Gasteiger partial charge in [-0.2, -0.15) is 0 Å². The van der Waals surface area contributed by atoms with Crippen LogP contribution >= 0.6 is 7.37 Å². The molecular formula is C8H11O2P. The number of hydrogen-bond donors (Lipinski definition) is 0. The molecule has 0 saturated carbocycles. The zero-order valence-electron chi connectivity index (χ0n) is 6.70. The third-order valence-electron chi connectivity index (χ3n) is 1.94. The fourth-order valence-electron chi connectivity index (χ4n) is 1.17. The lowest BCUT2D eigenvalue weighted by Crippen LogP contribution is -1.97. The van der Waals surface area contributed by atoms with E-state index in [1.54, 1.807) is 5.82 Å². The van der Waals surface area contributed by atoms with Crippen LogP contribution in [0.25, 0.3) is 0 Å². The molecule has 60 valence electrons. The number of hydrogen-bond acceptors (Lipinski definition) is 2. The SMILES string of the molecule is C#CC1=CP(=O)(OC)C(C)C1. The predicted molar refractivity (Wildman–Crippen MR) is 45.6 cm³/mol. The Kier molecular flexibility index (Phi) is 2.23. The third kappa shape index (κ3) is 1.40. The molecule has 0 amide bonds. The lowest BCUT2D eigenvalue weighted by Gasteiger charge is -2.11. The highest BCUT2D eigenvalue weighted by Crippen LogP contribution is 2.59. The minimum absolute atomic E-state index is 0.0542. The van der Waals surface area contributed by atoms with Gasteiger partial charge in [0.25, 0.3) is 0 Å². The Balaban J connectivity index is 2.95. The summed E-state index contributed by atoms with van der Waals surface area (Å²) in [5.74, 6) is 4.10. The molecule has 0 aliphatic carbocycles. The van der Waals surface area contributed by atoms with Crippen LogP contribution < -0.4 is 0 Å². The Morgan fingerprint density at radius 3 is 2.82 bits per heavy atom. The van der Waals surface area contributed by atoms with Gasteiger partial charge in [0.1, 0.15) is 0 Å². The molecule has 1 aliphatic rings. The van der Waals surface area contributed by atoms with E-state index in [9.17, 15) is 4.57 Å². The second-order valence-electron chi connectivity index (χ2n) is 2.68. The summed E-state index contributed by atoms with van der Waals surface area (Å²) in [7, 11) is -1.05. The smallest absolute Gasteiger partial charge is 0.228 e. The van der Waals surface area contributed by atoms with Crippen molar-refractivity contribution in [1.29, 1.82) is 0 Å². The molecule has 0 aromatic heterocycles. The minimum atomic E-state index is -2.52. The topological polar surface area (TPSA) is 26.3 Å². The fourth-order valence-corrected chi connectivity index (χ4v) is 2.96. The van der Waals surface area contributed by atoms with Gasteiger partial charge in [0.2, 0.25) is 7.37 Å². The average molecular weight is 170 g/mol. The molecule has 0 fully saturated rings. The molecular weight excluding hydrogens is 159 g/mol. The summed E-state index contributed by atoms with van der Waals surface area (Å²) in [5, 5.41) is 0. The highest BCUT2D eigenvalue weighted by Gasteiger charge is 2.33. The lowest BCUT2D eigenvalue weighted by molar-refractivity contribution is 0.396. The molecule has 0 aromatic carbocycles. The normalized spacial score (nSPS) is 36.5. The van der Waals surface area contributed by atoms with Crippen LogP contribution in [0.4, 0.5) is 0 Å². The summed E-state index contributed by atoms with van der Waals surface area (Å²) in [6.45, 7) is 1.89. The Morgan fingerprint density at radius 1 is 1.91 bits per heavy atom. The second kappa shape index (κ2) is 2.85. The Labute approximate surface area is 67.1 Å². The molecule has 0 bridgehead atoms. The number of rotatable bonds is 1. The summed E-state index contributed by atoms with van der Waals surface area (Å²) in [6, 6.07) is 0. The third-order valence-corrected chi connectivity index (χ3v) is 4.59. The van der Waals surface area contributed by atoms with Crippen molar-refractivity contribution in [2.24, 2.45) is 0 Å². The van der Waals surface area contributed by atoms with Crippen molar-refractivity contribution in [2.45, 2.75) is 19.0 Å². The minimum Gasteiger partial charge on any atom is -0.329 e. The largest absolute Gasteiger partial charge is 0.329 e. The second-order valence-corrected chi connectivity index (χ2v) is 5.48. The summed E-state index contributed by atoms with van der Waals surface area (Å²) >= 11 is 0. The monoisotopic (exact) mass is 170 g/mol. The van der Waals surface area contributed by atoms with Crippen LogP contribution in [0, 0.1) is 12.3 Å². The van der Waals surface area contributed by atoms with Crippen LogP contribution in [0.3, 0.4) is 0 Å². The van der Waals surface area contributed by atoms with Crippen molar-refractivity contribution in [3.05, 3.63) is 11.4 Å². The van der Waals surface area contributed by atoms with Crippen molar-refractivity contribution in [3.8, 4) is 12.3 Å². The van der Waals surface area contributed by atoms with Crippen LogP contribution in [0.1, 0.15) is 13.3 Å². The maximum Gasteiger partial charge on any atom is 0.228 e. The van der Waals surface area contributed by atoms with E-state index in [2.05, 4.69) is 5.92 Å². The van der Waals surface area contributed by atoms with E-state index in [1.165, 1.54) is 7.11 Å². The van der Waals surface area contributed by atoms with Gasteiger partial charge in [-0.25, -0.2) is 0 Å². The molecule has 0 radical (unpaired) electrons. The van der Waals surface area contributed by atoms with Gasteiger partial charge in [0.15, 0.2) is 0 Å². The van der Waals surface area contributed by atoms with Gasteiger partial charge in [-0.15, -0.1) is 6.42 Å². The molecule has 11 heavy (non-hydrogen) atoms. The van der Waals surface area contributed by atoms with E-state index in [-0.39, 0.29) is 5.66 Å². The molecule has 2 unspecified atom stereocenters. The van der Waals surface area contributed by atoms with Gasteiger partial charge in [-0.05, 0) is 6.42 Å². The predicted octanol–water partition coefficient (Wildman–Crippen LogP) is 2.22. The maximum atomic E-state index is 11.7. The van der Waals surface area contributed by atoms with Crippen LogP contribution in [0.2, 0.25) is 0 Å². The molecule has 2 atom stereocenters. The first-order valence-electron chi connectivity index (χ1n) is 3.46. The Bertz CT molecular complexity index is 272. The Morgan fingerprint density at radius 2 is 2.55 bits per heavy atom. The van der Waals surface area contributed by atoms with Crippen molar-refractivity contribution in [1.82, 2.24) is 0 Å². The molecule has 3 heteroatoms. The summed E-state index contributed by atoms with van der Waals surface area (Å²) in [4.78, 5) is 0. The van der Waals surface area contributed by atoms with E-state index in [1.807, 2.05) is 6.92 Å². The van der Waals surface area contributed by atoms with E-state index in [4.69, 9.17) is 10.9 Å². The zero-order chi connectivity index (χ0) is 8.48. The van der Waals surface area contributed by atoms with Gasteiger partial charge < -0.3 is 4.52 Å². The maximum absolute atomic E-state index is 11.7. The summed E-state index contributed by atoms with van der Waals surface area (Å²) in [5.41, 5.74) is 0.862. The van der Waals surface area contributed by atoms with Gasteiger partial charge >= 0.3 is 0 Å². The van der Waals surface area contributed by atoms with Crippen molar-refractivity contribution < 1.29 is 9.09 Å². The molecule has 1 heterocycles. The molecule has 0 N–H and O–H groups in total. The first kappa shape index (κ1) is 8.59. The van der Waals surface area contributed by atoms with Gasteiger partial charge in [0.05, 0.1) is 0 Å². The van der Waals surface area contributed by atoms with E-state index in [0.717, 1.165) is 5.57 Å². The van der Waals surface area contributed by atoms with Crippen LogP contribution in [0.5, 0.6) is 0 Å². The van der Waals surface area contributed by atoms with E-state index < -0.39 is 7.37 Å². The van der Waals surface area contributed by atoms with Crippen LogP contribution in [-0.2, 0) is 9.09 Å². The highest BCUT2D eigenvalue weighted by molar-refractivity contribution is 7.63. The standard InChI is InChI=1S/C8H11O2P/c1-4-8-5-7(2)11(9,6-8)10-3/h1,6-7H,5H2,2-3H3. The highest BCUT2D eigenvalue weighted by atomic mass is 31.2. The average Bonchev–Trinajstić information content (AvgIpc) is 2.29. The first-order valence-corrected chi connectivity index (χ1v) is 5.22.